The van der Waals surface area contributed by atoms with Crippen molar-refractivity contribution in [2.45, 2.75) is 44.7 Å². The summed E-state index contributed by atoms with van der Waals surface area (Å²) in [5.41, 5.74) is 5.08. The number of benzene rings is 2. The van der Waals surface area contributed by atoms with Gasteiger partial charge in [-0.1, -0.05) is 60.7 Å². The Labute approximate surface area is 132 Å². The van der Waals surface area contributed by atoms with Crippen molar-refractivity contribution in [3.63, 3.8) is 0 Å². The number of alkyl halides is 1. The van der Waals surface area contributed by atoms with E-state index in [2.05, 4.69) is 60.7 Å². The predicted molar refractivity (Wildman–Crippen MR) is 92.7 cm³/mol. The van der Waals surface area contributed by atoms with E-state index in [0.29, 0.717) is 5.92 Å². The molecule has 114 valence electrons. The Morgan fingerprint density at radius 3 is 1.91 bits per heavy atom. The van der Waals surface area contributed by atoms with Crippen LogP contribution in [0.5, 0.6) is 0 Å². The van der Waals surface area contributed by atoms with Crippen LogP contribution >= 0.6 is 0 Å². The zero-order valence-corrected chi connectivity index (χ0v) is 13.1. The van der Waals surface area contributed by atoms with Gasteiger partial charge in [-0.3, -0.25) is 0 Å². The van der Waals surface area contributed by atoms with Crippen LogP contribution in [0.3, 0.4) is 0 Å². The third-order valence-corrected chi connectivity index (χ3v) is 4.64. The van der Waals surface area contributed by atoms with Crippen molar-refractivity contribution in [3.05, 3.63) is 65.7 Å². The third kappa shape index (κ3) is 3.47. The first-order chi connectivity index (χ1) is 10.8. The molecule has 1 fully saturated rings. The van der Waals surface area contributed by atoms with Crippen molar-refractivity contribution in [2.24, 2.45) is 0 Å². The second-order valence-electron chi connectivity index (χ2n) is 6.19. The minimum absolute atomic E-state index is 0.540. The Bertz CT molecular complexity index is 614. The van der Waals surface area contributed by atoms with Gasteiger partial charge in [0.2, 0.25) is 0 Å². The second kappa shape index (κ2) is 6.91. The van der Waals surface area contributed by atoms with E-state index in [0.717, 1.165) is 25.7 Å². The summed E-state index contributed by atoms with van der Waals surface area (Å²) in [5, 5.41) is 0. The second-order valence-corrected chi connectivity index (χ2v) is 6.19. The minimum Gasteiger partial charge on any atom is -0.247 e. The van der Waals surface area contributed by atoms with Gasteiger partial charge in [-0.25, -0.2) is 4.39 Å². The summed E-state index contributed by atoms with van der Waals surface area (Å²) in [6.07, 6.45) is 6.99. The highest BCUT2D eigenvalue weighted by atomic mass is 19.1. The lowest BCUT2D eigenvalue weighted by Crippen LogP contribution is -2.13. The quantitative estimate of drug-likeness (QED) is 0.616. The molecule has 0 N–H and O–H groups in total. The van der Waals surface area contributed by atoms with Crippen LogP contribution in [0.15, 0.2) is 54.6 Å². The van der Waals surface area contributed by atoms with Crippen LogP contribution in [-0.4, -0.2) is 6.17 Å². The highest BCUT2D eigenvalue weighted by molar-refractivity contribution is 5.66. The van der Waals surface area contributed by atoms with Crippen LogP contribution < -0.4 is 0 Å². The molecule has 1 aliphatic rings. The fourth-order valence-electron chi connectivity index (χ4n) is 3.31. The largest absolute Gasteiger partial charge is 0.247 e. The van der Waals surface area contributed by atoms with Crippen LogP contribution in [0.4, 0.5) is 4.39 Å². The summed E-state index contributed by atoms with van der Waals surface area (Å²) in [4.78, 5) is 0. The van der Waals surface area contributed by atoms with Crippen molar-refractivity contribution in [1.82, 2.24) is 0 Å². The molecule has 0 bridgehead atoms. The summed E-state index contributed by atoms with van der Waals surface area (Å²) in [6, 6.07) is 17.5. The lowest BCUT2D eigenvalue weighted by molar-refractivity contribution is 0.235. The van der Waals surface area contributed by atoms with E-state index < -0.39 is 6.17 Å². The molecule has 0 spiro atoms. The van der Waals surface area contributed by atoms with Gasteiger partial charge in [0.25, 0.3) is 0 Å². The summed E-state index contributed by atoms with van der Waals surface area (Å²) in [7, 11) is 0. The van der Waals surface area contributed by atoms with Crippen LogP contribution in [0, 0.1) is 0 Å². The van der Waals surface area contributed by atoms with Gasteiger partial charge in [0.15, 0.2) is 0 Å². The molecule has 0 radical (unpaired) electrons. The van der Waals surface area contributed by atoms with E-state index in [4.69, 9.17) is 0 Å². The fourth-order valence-corrected chi connectivity index (χ4v) is 3.31. The van der Waals surface area contributed by atoms with Gasteiger partial charge >= 0.3 is 0 Å². The normalized spacial score (nSPS) is 22.1. The first-order valence-electron chi connectivity index (χ1n) is 8.23. The van der Waals surface area contributed by atoms with Crippen molar-refractivity contribution >= 4 is 6.08 Å². The molecule has 22 heavy (non-hydrogen) atoms. The Morgan fingerprint density at radius 1 is 0.818 bits per heavy atom. The van der Waals surface area contributed by atoms with E-state index in [9.17, 15) is 4.39 Å². The maximum absolute atomic E-state index is 13.2. The first kappa shape index (κ1) is 15.0. The molecule has 1 aliphatic carbocycles. The van der Waals surface area contributed by atoms with Gasteiger partial charge in [0, 0.05) is 0 Å². The van der Waals surface area contributed by atoms with E-state index in [1.165, 1.54) is 22.3 Å². The van der Waals surface area contributed by atoms with E-state index in [-0.39, 0.29) is 0 Å². The number of halogens is 1. The maximum atomic E-state index is 13.2. The van der Waals surface area contributed by atoms with Crippen LogP contribution in [0.25, 0.3) is 17.2 Å². The Hall–Kier alpha value is -1.89. The van der Waals surface area contributed by atoms with Crippen LogP contribution in [-0.2, 0) is 0 Å². The Balaban J connectivity index is 1.73. The van der Waals surface area contributed by atoms with Crippen molar-refractivity contribution in [1.29, 1.82) is 0 Å². The monoisotopic (exact) mass is 294 g/mol. The topological polar surface area (TPSA) is 0 Å². The molecular weight excluding hydrogens is 271 g/mol. The van der Waals surface area contributed by atoms with Gasteiger partial charge in [-0.05, 0) is 60.8 Å². The number of allylic oxidation sites excluding steroid dienone is 1. The molecule has 1 heteroatoms. The van der Waals surface area contributed by atoms with Crippen molar-refractivity contribution in [2.75, 3.05) is 0 Å². The zero-order chi connectivity index (χ0) is 15.4. The van der Waals surface area contributed by atoms with Crippen LogP contribution in [0.2, 0.25) is 0 Å². The minimum atomic E-state index is -0.578. The first-order valence-corrected chi connectivity index (χ1v) is 8.23. The molecular formula is C21H23F. The molecule has 1 saturated carbocycles. The number of rotatable bonds is 3. The molecule has 0 unspecified atom stereocenters. The zero-order valence-electron chi connectivity index (χ0n) is 13.1. The van der Waals surface area contributed by atoms with Crippen molar-refractivity contribution in [3.8, 4) is 11.1 Å². The molecule has 0 nitrogen and oxygen atoms in total. The van der Waals surface area contributed by atoms with E-state index in [1.54, 1.807) is 0 Å². The van der Waals surface area contributed by atoms with Crippen LogP contribution in [0.1, 0.15) is 49.7 Å². The highest BCUT2D eigenvalue weighted by Crippen LogP contribution is 2.34. The molecule has 2 aromatic rings. The van der Waals surface area contributed by atoms with Gasteiger partial charge < -0.3 is 0 Å². The summed E-state index contributed by atoms with van der Waals surface area (Å²) in [6.45, 7) is 2.03. The predicted octanol–water partition coefficient (Wildman–Crippen LogP) is 6.38. The molecule has 0 heterocycles. The fraction of sp³-hybridized carbons (Fsp3) is 0.333. The highest BCUT2D eigenvalue weighted by Gasteiger charge is 2.21. The average Bonchev–Trinajstić information content (AvgIpc) is 2.57. The Kier molecular flexibility index (Phi) is 4.72. The lowest BCUT2D eigenvalue weighted by atomic mass is 9.83. The molecule has 0 aliphatic heterocycles. The molecule has 0 aromatic heterocycles. The number of hydrogen-bond donors (Lipinski definition) is 0. The molecule has 3 rings (SSSR count). The third-order valence-electron chi connectivity index (χ3n) is 4.64. The van der Waals surface area contributed by atoms with Gasteiger partial charge in [0.1, 0.15) is 6.17 Å². The summed E-state index contributed by atoms with van der Waals surface area (Å²) >= 11 is 0. The van der Waals surface area contributed by atoms with Gasteiger partial charge in [0.05, 0.1) is 0 Å². The molecule has 0 atom stereocenters. The lowest BCUT2D eigenvalue weighted by Gasteiger charge is -2.24. The smallest absolute Gasteiger partial charge is 0.100 e. The molecule has 2 aromatic carbocycles. The molecule has 0 amide bonds. The van der Waals surface area contributed by atoms with E-state index >= 15 is 0 Å². The van der Waals surface area contributed by atoms with E-state index in [1.807, 2.05) is 6.92 Å². The summed E-state index contributed by atoms with van der Waals surface area (Å²) in [5.74, 6) is 0.540. The average molecular weight is 294 g/mol. The molecule has 0 saturated heterocycles. The SMILES string of the molecule is CC=Cc1ccc(-c2ccc(C3CCC(F)CC3)cc2)cc1. The Morgan fingerprint density at radius 2 is 1.36 bits per heavy atom. The standard InChI is InChI=1S/C21H23F/c1-2-3-16-4-6-17(7-5-16)18-8-10-19(11-9-18)20-12-14-21(22)15-13-20/h2-11,20-21H,12-15H2,1H3. The van der Waals surface area contributed by atoms with Crippen molar-refractivity contribution < 1.29 is 4.39 Å². The summed E-state index contributed by atoms with van der Waals surface area (Å²) < 4.78 is 13.2. The number of hydrogen-bond acceptors (Lipinski definition) is 0. The van der Waals surface area contributed by atoms with Gasteiger partial charge in [-0.15, -0.1) is 0 Å². The maximum Gasteiger partial charge on any atom is 0.100 e. The van der Waals surface area contributed by atoms with Gasteiger partial charge in [-0.2, -0.15) is 0 Å².